The zero-order valence-electron chi connectivity index (χ0n) is 15.7. The first-order chi connectivity index (χ1) is 13.2. The number of hydrogen-bond acceptors (Lipinski definition) is 3. The molecule has 1 aromatic heterocycles. The quantitative estimate of drug-likeness (QED) is 0.558. The number of aliphatic hydroxyl groups is 1. The molecule has 5 nitrogen and oxygen atoms in total. The van der Waals surface area contributed by atoms with E-state index in [1.165, 1.54) is 36.1 Å². The molecular formula is C22H26N2O3. The van der Waals surface area contributed by atoms with E-state index in [1.807, 2.05) is 24.3 Å². The van der Waals surface area contributed by atoms with E-state index >= 15 is 0 Å². The fraction of sp³-hybridized carbons (Fsp3) is 0.409. The summed E-state index contributed by atoms with van der Waals surface area (Å²) < 4.78 is 5.33. The number of aryl methyl sites for hydroxylation is 1. The number of rotatable bonds is 5. The van der Waals surface area contributed by atoms with E-state index < -0.39 is 0 Å². The van der Waals surface area contributed by atoms with Crippen molar-refractivity contribution in [2.24, 2.45) is 0 Å². The molecule has 0 saturated carbocycles. The van der Waals surface area contributed by atoms with Crippen LogP contribution in [0.5, 0.6) is 5.75 Å². The van der Waals surface area contributed by atoms with Gasteiger partial charge in [-0.3, -0.25) is 4.79 Å². The van der Waals surface area contributed by atoms with Gasteiger partial charge in [-0.2, -0.15) is 0 Å². The molecule has 0 atom stereocenters. The van der Waals surface area contributed by atoms with Crippen molar-refractivity contribution in [3.8, 4) is 5.75 Å². The lowest BCUT2D eigenvalue weighted by Gasteiger charge is -2.06. The Morgan fingerprint density at radius 3 is 2.89 bits per heavy atom. The Balaban J connectivity index is 1.79. The average molecular weight is 366 g/mol. The van der Waals surface area contributed by atoms with E-state index in [2.05, 4.69) is 10.3 Å². The number of methoxy groups -OCH3 is 1. The molecule has 1 amide bonds. The second kappa shape index (κ2) is 7.61. The van der Waals surface area contributed by atoms with Gasteiger partial charge in [0.15, 0.2) is 0 Å². The van der Waals surface area contributed by atoms with Gasteiger partial charge in [-0.1, -0.05) is 6.42 Å². The molecule has 0 saturated heterocycles. The Morgan fingerprint density at radius 2 is 2.07 bits per heavy atom. The largest absolute Gasteiger partial charge is 0.497 e. The summed E-state index contributed by atoms with van der Waals surface area (Å²) >= 11 is 0. The van der Waals surface area contributed by atoms with Gasteiger partial charge < -0.3 is 20.1 Å². The van der Waals surface area contributed by atoms with E-state index in [-0.39, 0.29) is 12.5 Å². The maximum atomic E-state index is 12.6. The number of hydrogen-bond donors (Lipinski definition) is 3. The zero-order chi connectivity index (χ0) is 18.8. The van der Waals surface area contributed by atoms with Crippen molar-refractivity contribution in [2.45, 2.75) is 44.9 Å². The summed E-state index contributed by atoms with van der Waals surface area (Å²) in [6, 6.07) is 5.63. The molecule has 0 radical (unpaired) electrons. The lowest BCUT2D eigenvalue weighted by atomic mass is 9.98. The van der Waals surface area contributed by atoms with Crippen molar-refractivity contribution in [1.29, 1.82) is 0 Å². The number of ether oxygens (including phenoxy) is 1. The van der Waals surface area contributed by atoms with Gasteiger partial charge in [-0.05, 0) is 73.9 Å². The molecule has 1 aliphatic carbocycles. The highest BCUT2D eigenvalue weighted by Crippen LogP contribution is 2.37. The van der Waals surface area contributed by atoms with E-state index in [0.717, 1.165) is 48.4 Å². The normalized spacial score (nSPS) is 17.4. The van der Waals surface area contributed by atoms with Gasteiger partial charge in [0.25, 0.3) is 5.91 Å². The molecule has 0 spiro atoms. The van der Waals surface area contributed by atoms with Crippen LogP contribution in [0.15, 0.2) is 18.2 Å². The molecule has 4 rings (SSSR count). The maximum Gasteiger partial charge on any atom is 0.256 e. The van der Waals surface area contributed by atoms with Crippen LogP contribution in [0, 0.1) is 0 Å². The summed E-state index contributed by atoms with van der Waals surface area (Å²) in [5.74, 6) is 0.648. The predicted molar refractivity (Wildman–Crippen MR) is 107 cm³/mol. The van der Waals surface area contributed by atoms with E-state index in [0.29, 0.717) is 5.57 Å². The van der Waals surface area contributed by atoms with Crippen LogP contribution in [0.4, 0.5) is 5.69 Å². The molecule has 1 aliphatic heterocycles. The number of aliphatic hydroxyl groups excluding tert-OH is 1. The number of benzene rings is 1. The molecule has 27 heavy (non-hydrogen) atoms. The summed E-state index contributed by atoms with van der Waals surface area (Å²) in [7, 11) is 1.63. The molecule has 2 aliphatic rings. The number of carbonyl (C=O) groups excluding carboxylic acids is 1. The molecule has 0 unspecified atom stereocenters. The summed E-state index contributed by atoms with van der Waals surface area (Å²) in [5, 5.41) is 12.3. The van der Waals surface area contributed by atoms with Gasteiger partial charge in [0.1, 0.15) is 5.75 Å². The summed E-state index contributed by atoms with van der Waals surface area (Å²) in [4.78, 5) is 16.2. The van der Waals surface area contributed by atoms with Crippen LogP contribution in [0.1, 0.15) is 53.8 Å². The summed E-state index contributed by atoms with van der Waals surface area (Å²) in [6.07, 6.45) is 9.32. The SMILES string of the molecule is COc1ccc2c(c1)/C(=C/c1[nH]c3c(c1CCCO)CCCCC3)C(=O)N2. The van der Waals surface area contributed by atoms with Crippen LogP contribution >= 0.6 is 0 Å². The van der Waals surface area contributed by atoms with Crippen LogP contribution in [-0.2, 0) is 24.1 Å². The lowest BCUT2D eigenvalue weighted by Crippen LogP contribution is -2.04. The molecule has 0 fully saturated rings. The van der Waals surface area contributed by atoms with Crippen molar-refractivity contribution < 1.29 is 14.6 Å². The van der Waals surface area contributed by atoms with Crippen LogP contribution in [-0.4, -0.2) is 29.7 Å². The van der Waals surface area contributed by atoms with Crippen LogP contribution in [0.2, 0.25) is 0 Å². The van der Waals surface area contributed by atoms with Crippen LogP contribution < -0.4 is 10.1 Å². The maximum absolute atomic E-state index is 12.6. The number of H-pyrrole nitrogens is 1. The minimum Gasteiger partial charge on any atom is -0.497 e. The average Bonchev–Trinajstić information content (AvgIpc) is 3.05. The van der Waals surface area contributed by atoms with E-state index in [1.54, 1.807) is 7.11 Å². The number of fused-ring (bicyclic) bond motifs is 2. The van der Waals surface area contributed by atoms with Gasteiger partial charge in [0, 0.05) is 29.2 Å². The standard InChI is InChI=1S/C22H26N2O3/c1-27-14-9-10-20-17(12-14)18(22(26)24-20)13-21-16(7-5-11-25)15-6-3-2-4-8-19(15)23-21/h9-10,12-13,23,25H,2-8,11H2,1H3,(H,24,26)/b18-13-. The number of carbonyl (C=O) groups is 1. The summed E-state index contributed by atoms with van der Waals surface area (Å²) in [5.41, 5.74) is 7.32. The van der Waals surface area contributed by atoms with Crippen LogP contribution in [0.3, 0.4) is 0 Å². The predicted octanol–water partition coefficient (Wildman–Crippen LogP) is 3.71. The minimum absolute atomic E-state index is 0.0869. The Bertz CT molecular complexity index is 895. The molecule has 3 N–H and O–H groups in total. The van der Waals surface area contributed by atoms with Gasteiger partial charge in [0.2, 0.25) is 0 Å². The lowest BCUT2D eigenvalue weighted by molar-refractivity contribution is -0.110. The monoisotopic (exact) mass is 366 g/mol. The smallest absolute Gasteiger partial charge is 0.256 e. The number of nitrogens with one attached hydrogen (secondary N) is 2. The zero-order valence-corrected chi connectivity index (χ0v) is 15.7. The Morgan fingerprint density at radius 1 is 1.22 bits per heavy atom. The second-order valence-electron chi connectivity index (χ2n) is 7.29. The topological polar surface area (TPSA) is 74.3 Å². The van der Waals surface area contributed by atoms with Gasteiger partial charge in [0.05, 0.1) is 12.7 Å². The highest BCUT2D eigenvalue weighted by atomic mass is 16.5. The number of anilines is 1. The van der Waals surface area contributed by atoms with Gasteiger partial charge in [-0.15, -0.1) is 0 Å². The second-order valence-corrected chi connectivity index (χ2v) is 7.29. The van der Waals surface area contributed by atoms with Crippen molar-refractivity contribution in [1.82, 2.24) is 4.98 Å². The fourth-order valence-corrected chi connectivity index (χ4v) is 4.20. The van der Waals surface area contributed by atoms with E-state index in [9.17, 15) is 9.90 Å². The minimum atomic E-state index is -0.0869. The van der Waals surface area contributed by atoms with E-state index in [4.69, 9.17) is 4.74 Å². The molecule has 142 valence electrons. The highest BCUT2D eigenvalue weighted by Gasteiger charge is 2.26. The first-order valence-electron chi connectivity index (χ1n) is 9.76. The molecule has 1 aromatic carbocycles. The molecule has 5 heteroatoms. The third kappa shape index (κ3) is 3.39. The van der Waals surface area contributed by atoms with Crippen molar-refractivity contribution in [2.75, 3.05) is 19.0 Å². The Labute approximate surface area is 159 Å². The molecule has 0 bridgehead atoms. The van der Waals surface area contributed by atoms with Gasteiger partial charge >= 0.3 is 0 Å². The van der Waals surface area contributed by atoms with Crippen molar-refractivity contribution in [3.63, 3.8) is 0 Å². The molecule has 2 aromatic rings. The van der Waals surface area contributed by atoms with Gasteiger partial charge in [-0.25, -0.2) is 0 Å². The molecule has 2 heterocycles. The first kappa shape index (κ1) is 17.9. The Kier molecular flexibility index (Phi) is 5.03. The molecular weight excluding hydrogens is 340 g/mol. The van der Waals surface area contributed by atoms with Crippen molar-refractivity contribution in [3.05, 3.63) is 46.3 Å². The third-order valence-electron chi connectivity index (χ3n) is 5.58. The number of amides is 1. The Hall–Kier alpha value is -2.53. The van der Waals surface area contributed by atoms with Crippen LogP contribution in [0.25, 0.3) is 11.6 Å². The third-order valence-corrected chi connectivity index (χ3v) is 5.58. The van der Waals surface area contributed by atoms with Crippen molar-refractivity contribution >= 4 is 23.2 Å². The highest BCUT2D eigenvalue weighted by molar-refractivity contribution is 6.35. The number of aromatic nitrogens is 1. The number of aromatic amines is 1. The first-order valence-corrected chi connectivity index (χ1v) is 9.76. The fourth-order valence-electron chi connectivity index (χ4n) is 4.20. The summed E-state index contributed by atoms with van der Waals surface area (Å²) in [6.45, 7) is 0.177.